The van der Waals surface area contributed by atoms with Gasteiger partial charge in [-0.3, -0.25) is 4.79 Å². The van der Waals surface area contributed by atoms with Crippen LogP contribution in [0, 0.1) is 12.8 Å². The number of pyridine rings is 1. The fourth-order valence-corrected chi connectivity index (χ4v) is 1.81. The van der Waals surface area contributed by atoms with Crippen LogP contribution in [0.2, 0.25) is 0 Å². The van der Waals surface area contributed by atoms with Gasteiger partial charge in [0.1, 0.15) is 11.6 Å². The second-order valence-electron chi connectivity index (χ2n) is 4.58. The highest BCUT2D eigenvalue weighted by molar-refractivity contribution is 5.93. The number of amides is 1. The molecule has 2 N–H and O–H groups in total. The van der Waals surface area contributed by atoms with E-state index in [1.807, 2.05) is 19.1 Å². The molecule has 18 heavy (non-hydrogen) atoms. The zero-order chi connectivity index (χ0) is 12.5. The second kappa shape index (κ2) is 4.25. The molecule has 2 aromatic rings. The molecule has 3 rings (SSSR count). The summed E-state index contributed by atoms with van der Waals surface area (Å²) in [5.74, 6) is 1.72. The molecule has 2 heterocycles. The van der Waals surface area contributed by atoms with Crippen LogP contribution in [0.25, 0.3) is 11.3 Å². The molecule has 0 unspecified atom stereocenters. The summed E-state index contributed by atoms with van der Waals surface area (Å²) in [6.07, 6.45) is 5.45. The van der Waals surface area contributed by atoms with Crippen LogP contribution in [0.5, 0.6) is 0 Å². The molecule has 1 fully saturated rings. The first-order valence-electron chi connectivity index (χ1n) is 6.01. The molecule has 0 aromatic carbocycles. The van der Waals surface area contributed by atoms with E-state index in [0.29, 0.717) is 5.82 Å². The summed E-state index contributed by atoms with van der Waals surface area (Å²) < 4.78 is 0. The first-order chi connectivity index (χ1) is 8.72. The highest BCUT2D eigenvalue weighted by atomic mass is 16.2. The number of aromatic amines is 1. The third-order valence-corrected chi connectivity index (χ3v) is 2.97. The Hall–Kier alpha value is -2.17. The van der Waals surface area contributed by atoms with Gasteiger partial charge in [0.15, 0.2) is 0 Å². The van der Waals surface area contributed by atoms with Gasteiger partial charge >= 0.3 is 0 Å². The van der Waals surface area contributed by atoms with Crippen LogP contribution in [-0.4, -0.2) is 20.9 Å². The van der Waals surface area contributed by atoms with Crippen LogP contribution < -0.4 is 5.32 Å². The van der Waals surface area contributed by atoms with E-state index < -0.39 is 0 Å². The molecule has 0 atom stereocenters. The summed E-state index contributed by atoms with van der Waals surface area (Å²) in [4.78, 5) is 23.1. The Morgan fingerprint density at radius 3 is 2.94 bits per heavy atom. The molecule has 5 heteroatoms. The molecule has 1 aliphatic carbocycles. The van der Waals surface area contributed by atoms with Gasteiger partial charge in [-0.25, -0.2) is 9.97 Å². The summed E-state index contributed by atoms with van der Waals surface area (Å²) in [7, 11) is 0. The van der Waals surface area contributed by atoms with Crippen molar-refractivity contribution in [2.45, 2.75) is 19.8 Å². The number of aryl methyl sites for hydroxylation is 1. The number of nitrogens with zero attached hydrogens (tertiary/aromatic N) is 2. The zero-order valence-corrected chi connectivity index (χ0v) is 10.1. The van der Waals surface area contributed by atoms with Crippen molar-refractivity contribution in [1.82, 2.24) is 15.0 Å². The van der Waals surface area contributed by atoms with Gasteiger partial charge in [0.25, 0.3) is 0 Å². The normalized spacial score (nSPS) is 14.5. The van der Waals surface area contributed by atoms with Crippen LogP contribution in [0.3, 0.4) is 0 Å². The number of anilines is 1. The molecular formula is C13H14N4O. The van der Waals surface area contributed by atoms with Crippen molar-refractivity contribution in [1.29, 1.82) is 0 Å². The van der Waals surface area contributed by atoms with E-state index in [1.165, 1.54) is 0 Å². The van der Waals surface area contributed by atoms with Gasteiger partial charge in [0.2, 0.25) is 5.91 Å². The largest absolute Gasteiger partial charge is 0.342 e. The Morgan fingerprint density at radius 1 is 1.44 bits per heavy atom. The summed E-state index contributed by atoms with van der Waals surface area (Å²) in [5.41, 5.74) is 1.90. The molecule has 0 bridgehead atoms. The number of H-pyrrole nitrogens is 1. The molecule has 0 aliphatic heterocycles. The number of imidazole rings is 1. The molecule has 5 nitrogen and oxygen atoms in total. The van der Waals surface area contributed by atoms with Crippen LogP contribution in [0.15, 0.2) is 24.5 Å². The number of carbonyl (C=O) groups is 1. The van der Waals surface area contributed by atoms with E-state index >= 15 is 0 Å². The van der Waals surface area contributed by atoms with E-state index in [-0.39, 0.29) is 11.8 Å². The summed E-state index contributed by atoms with van der Waals surface area (Å²) in [6, 6.07) is 3.74. The number of nitrogens with one attached hydrogen (secondary N) is 2. The Morgan fingerprint density at radius 2 is 2.28 bits per heavy atom. The van der Waals surface area contributed by atoms with Gasteiger partial charge < -0.3 is 10.3 Å². The average molecular weight is 242 g/mol. The minimum atomic E-state index is 0.0699. The van der Waals surface area contributed by atoms with Crippen molar-refractivity contribution < 1.29 is 4.79 Å². The Bertz CT molecular complexity index is 586. The van der Waals surface area contributed by atoms with Crippen molar-refractivity contribution in [3.63, 3.8) is 0 Å². The number of hydrogen-bond acceptors (Lipinski definition) is 3. The lowest BCUT2D eigenvalue weighted by molar-refractivity contribution is -0.117. The second-order valence-corrected chi connectivity index (χ2v) is 4.58. The third-order valence-electron chi connectivity index (χ3n) is 2.97. The van der Waals surface area contributed by atoms with Gasteiger partial charge in [-0.2, -0.15) is 0 Å². The fourth-order valence-electron chi connectivity index (χ4n) is 1.81. The molecule has 1 amide bonds. The summed E-state index contributed by atoms with van der Waals surface area (Å²) in [5, 5.41) is 2.84. The highest BCUT2D eigenvalue weighted by Crippen LogP contribution is 2.30. The topological polar surface area (TPSA) is 70.7 Å². The van der Waals surface area contributed by atoms with Gasteiger partial charge in [0.05, 0.1) is 11.9 Å². The van der Waals surface area contributed by atoms with Crippen LogP contribution in [0.1, 0.15) is 18.7 Å². The molecular weight excluding hydrogens is 228 g/mol. The number of aromatic nitrogens is 3. The van der Waals surface area contributed by atoms with Crippen molar-refractivity contribution in [3.8, 4) is 11.3 Å². The van der Waals surface area contributed by atoms with Crippen molar-refractivity contribution >= 4 is 11.7 Å². The van der Waals surface area contributed by atoms with Gasteiger partial charge in [-0.05, 0) is 31.9 Å². The molecule has 1 aliphatic rings. The lowest BCUT2D eigenvalue weighted by atomic mass is 10.2. The first-order valence-corrected chi connectivity index (χ1v) is 6.01. The lowest BCUT2D eigenvalue weighted by Crippen LogP contribution is -2.14. The Balaban J connectivity index is 1.82. The standard InChI is InChI=1S/C13H14N4O/c1-8-15-7-11(16-8)10-4-5-14-12(6-10)17-13(18)9-2-3-9/h4-7,9H,2-3H2,1H3,(H,15,16)(H,14,17,18). The molecule has 1 saturated carbocycles. The predicted octanol–water partition coefficient (Wildman–Crippen LogP) is 2.13. The fraction of sp³-hybridized carbons (Fsp3) is 0.308. The smallest absolute Gasteiger partial charge is 0.228 e. The van der Waals surface area contributed by atoms with Gasteiger partial charge in [-0.15, -0.1) is 0 Å². The number of rotatable bonds is 3. The Labute approximate surface area is 105 Å². The van der Waals surface area contributed by atoms with Gasteiger partial charge in [0, 0.05) is 17.7 Å². The summed E-state index contributed by atoms with van der Waals surface area (Å²) >= 11 is 0. The highest BCUT2D eigenvalue weighted by Gasteiger charge is 2.29. The van der Waals surface area contributed by atoms with E-state index in [2.05, 4.69) is 20.3 Å². The maximum atomic E-state index is 11.7. The maximum Gasteiger partial charge on any atom is 0.228 e. The van der Waals surface area contributed by atoms with E-state index in [4.69, 9.17) is 0 Å². The van der Waals surface area contributed by atoms with E-state index in [0.717, 1.165) is 29.9 Å². The first kappa shape index (κ1) is 11.0. The van der Waals surface area contributed by atoms with Crippen LogP contribution in [0.4, 0.5) is 5.82 Å². The zero-order valence-electron chi connectivity index (χ0n) is 10.1. The molecule has 0 radical (unpaired) electrons. The van der Waals surface area contributed by atoms with E-state index in [9.17, 15) is 4.79 Å². The minimum Gasteiger partial charge on any atom is -0.342 e. The number of hydrogen-bond donors (Lipinski definition) is 2. The third kappa shape index (κ3) is 2.25. The number of carbonyl (C=O) groups excluding carboxylic acids is 1. The minimum absolute atomic E-state index is 0.0699. The quantitative estimate of drug-likeness (QED) is 0.866. The Kier molecular flexibility index (Phi) is 2.59. The molecule has 2 aromatic heterocycles. The lowest BCUT2D eigenvalue weighted by Gasteiger charge is -2.04. The molecule has 0 spiro atoms. The van der Waals surface area contributed by atoms with Crippen LogP contribution >= 0.6 is 0 Å². The summed E-state index contributed by atoms with van der Waals surface area (Å²) in [6.45, 7) is 1.90. The molecule has 92 valence electrons. The average Bonchev–Trinajstić information content (AvgIpc) is 3.12. The van der Waals surface area contributed by atoms with E-state index in [1.54, 1.807) is 12.4 Å². The van der Waals surface area contributed by atoms with Crippen molar-refractivity contribution in [2.75, 3.05) is 5.32 Å². The molecule has 0 saturated heterocycles. The maximum absolute atomic E-state index is 11.7. The monoisotopic (exact) mass is 242 g/mol. The van der Waals surface area contributed by atoms with Gasteiger partial charge in [-0.1, -0.05) is 0 Å². The SMILES string of the molecule is Cc1ncc(-c2ccnc(NC(=O)C3CC3)c2)[nH]1. The van der Waals surface area contributed by atoms with Crippen molar-refractivity contribution in [2.24, 2.45) is 5.92 Å². The predicted molar refractivity (Wildman–Crippen MR) is 67.9 cm³/mol. The van der Waals surface area contributed by atoms with Crippen LogP contribution in [-0.2, 0) is 4.79 Å². The van der Waals surface area contributed by atoms with Crippen molar-refractivity contribution in [3.05, 3.63) is 30.4 Å².